The number of halogens is 1. The van der Waals surface area contributed by atoms with Crippen molar-refractivity contribution in [1.82, 2.24) is 0 Å². The van der Waals surface area contributed by atoms with Gasteiger partial charge in [0.15, 0.2) is 0 Å². The highest BCUT2D eigenvalue weighted by Gasteiger charge is 2.20. The van der Waals surface area contributed by atoms with Crippen LogP contribution in [0.4, 0.5) is 11.4 Å². The minimum atomic E-state index is -3.50. The number of aryl methyl sites for hydroxylation is 1. The third kappa shape index (κ3) is 5.97. The lowest BCUT2D eigenvalue weighted by Crippen LogP contribution is -2.31. The smallest absolute Gasteiger partial charge is 0.232 e. The summed E-state index contributed by atoms with van der Waals surface area (Å²) in [6.45, 7) is 2.13. The number of rotatable bonds is 8. The van der Waals surface area contributed by atoms with Gasteiger partial charge in [0.2, 0.25) is 15.9 Å². The van der Waals surface area contributed by atoms with Crippen LogP contribution in [0.5, 0.6) is 5.75 Å². The predicted octanol–water partition coefficient (Wildman–Crippen LogP) is 3.95. The molecule has 0 aliphatic carbocycles. The Morgan fingerprint density at radius 1 is 1.22 bits per heavy atom. The maximum atomic E-state index is 12.2. The number of methoxy groups -OCH3 is 1. The molecule has 2 aromatic carbocycles. The van der Waals surface area contributed by atoms with E-state index in [0.717, 1.165) is 16.3 Å². The van der Waals surface area contributed by atoms with Crippen LogP contribution in [0.2, 0.25) is 0 Å². The molecule has 1 N–H and O–H groups in total. The van der Waals surface area contributed by atoms with E-state index in [9.17, 15) is 13.2 Å². The molecule has 6 nitrogen and oxygen atoms in total. The van der Waals surface area contributed by atoms with Gasteiger partial charge in [-0.25, -0.2) is 8.42 Å². The topological polar surface area (TPSA) is 75.7 Å². The monoisotopic (exact) mass is 454 g/mol. The third-order valence-electron chi connectivity index (χ3n) is 3.96. The SMILES string of the molecule is COc1ccccc1N(CCCC(=O)Nc1ccc(Br)c(C)c1)S(C)(=O)=O. The molecule has 27 heavy (non-hydrogen) atoms. The van der Waals surface area contributed by atoms with Gasteiger partial charge < -0.3 is 10.1 Å². The van der Waals surface area contributed by atoms with Crippen molar-refractivity contribution >= 4 is 43.2 Å². The van der Waals surface area contributed by atoms with Crippen LogP contribution in [0.1, 0.15) is 18.4 Å². The van der Waals surface area contributed by atoms with E-state index in [1.807, 2.05) is 25.1 Å². The van der Waals surface area contributed by atoms with Crippen LogP contribution in [0, 0.1) is 6.92 Å². The van der Waals surface area contributed by atoms with Gasteiger partial charge in [0.05, 0.1) is 19.1 Å². The van der Waals surface area contributed by atoms with Crippen molar-refractivity contribution < 1.29 is 17.9 Å². The fourth-order valence-corrected chi connectivity index (χ4v) is 3.85. The van der Waals surface area contributed by atoms with Gasteiger partial charge in [-0.1, -0.05) is 28.1 Å². The number of carbonyl (C=O) groups excluding carboxylic acids is 1. The molecule has 0 unspecified atom stereocenters. The number of benzene rings is 2. The first-order valence-corrected chi connectivity index (χ1v) is 11.0. The van der Waals surface area contributed by atoms with E-state index in [1.54, 1.807) is 24.3 Å². The summed E-state index contributed by atoms with van der Waals surface area (Å²) in [5.41, 5.74) is 2.20. The van der Waals surface area contributed by atoms with Crippen molar-refractivity contribution in [3.05, 3.63) is 52.5 Å². The summed E-state index contributed by atoms with van der Waals surface area (Å²) >= 11 is 3.42. The second-order valence-electron chi connectivity index (χ2n) is 6.12. The van der Waals surface area contributed by atoms with Crippen LogP contribution < -0.4 is 14.4 Å². The molecule has 2 aromatic rings. The van der Waals surface area contributed by atoms with Gasteiger partial charge in [-0.2, -0.15) is 0 Å². The van der Waals surface area contributed by atoms with Gasteiger partial charge in [-0.05, 0) is 49.2 Å². The number of anilines is 2. The van der Waals surface area contributed by atoms with E-state index in [1.165, 1.54) is 11.4 Å². The standard InChI is InChI=1S/C19H23BrN2O4S/c1-14-13-15(10-11-16(14)20)21-19(23)9-6-12-22(27(3,24)25)17-7-4-5-8-18(17)26-2/h4-5,7-8,10-11,13H,6,9,12H2,1-3H3,(H,21,23). The Morgan fingerprint density at radius 2 is 1.93 bits per heavy atom. The Morgan fingerprint density at radius 3 is 2.56 bits per heavy atom. The first-order valence-electron chi connectivity index (χ1n) is 8.39. The number of sulfonamides is 1. The summed E-state index contributed by atoms with van der Waals surface area (Å²) in [6.07, 6.45) is 1.73. The first kappa shape index (κ1) is 21.2. The molecular weight excluding hydrogens is 432 g/mol. The molecular formula is C19H23BrN2O4S. The third-order valence-corrected chi connectivity index (χ3v) is 6.03. The molecule has 0 aliphatic rings. The Balaban J connectivity index is 2.01. The van der Waals surface area contributed by atoms with Gasteiger partial charge in [-0.15, -0.1) is 0 Å². The van der Waals surface area contributed by atoms with E-state index < -0.39 is 10.0 Å². The summed E-state index contributed by atoms with van der Waals surface area (Å²) in [4.78, 5) is 12.2. The molecule has 0 heterocycles. The molecule has 0 fully saturated rings. The highest BCUT2D eigenvalue weighted by Crippen LogP contribution is 2.29. The number of nitrogens with one attached hydrogen (secondary N) is 1. The van der Waals surface area contributed by atoms with Crippen molar-refractivity contribution in [2.24, 2.45) is 0 Å². The van der Waals surface area contributed by atoms with Crippen molar-refractivity contribution in [1.29, 1.82) is 0 Å². The van der Waals surface area contributed by atoms with Crippen molar-refractivity contribution in [2.45, 2.75) is 19.8 Å². The molecule has 0 aromatic heterocycles. The van der Waals surface area contributed by atoms with Crippen LogP contribution >= 0.6 is 15.9 Å². The number of hydrogen-bond acceptors (Lipinski definition) is 4. The van der Waals surface area contributed by atoms with Crippen molar-refractivity contribution in [3.63, 3.8) is 0 Å². The van der Waals surface area contributed by atoms with Gasteiger partial charge in [-0.3, -0.25) is 9.10 Å². The zero-order chi connectivity index (χ0) is 20.0. The highest BCUT2D eigenvalue weighted by molar-refractivity contribution is 9.10. The molecule has 0 bridgehead atoms. The molecule has 0 aliphatic heterocycles. The van der Waals surface area contributed by atoms with E-state index in [2.05, 4.69) is 21.2 Å². The first-order chi connectivity index (χ1) is 12.7. The number of ether oxygens (including phenoxy) is 1. The number of para-hydroxylation sites is 2. The van der Waals surface area contributed by atoms with Gasteiger partial charge >= 0.3 is 0 Å². The second-order valence-corrected chi connectivity index (χ2v) is 8.88. The molecule has 0 atom stereocenters. The van der Waals surface area contributed by atoms with E-state index >= 15 is 0 Å². The number of nitrogens with zero attached hydrogens (tertiary/aromatic N) is 1. The molecule has 0 spiro atoms. The van der Waals surface area contributed by atoms with E-state index in [0.29, 0.717) is 23.5 Å². The molecule has 0 saturated carbocycles. The Labute approximate surface area is 168 Å². The minimum absolute atomic E-state index is 0.162. The maximum Gasteiger partial charge on any atom is 0.232 e. The number of carbonyl (C=O) groups is 1. The summed E-state index contributed by atoms with van der Waals surface area (Å²) in [5.74, 6) is 0.308. The molecule has 0 saturated heterocycles. The van der Waals surface area contributed by atoms with Crippen LogP contribution in [0.25, 0.3) is 0 Å². The molecule has 2 rings (SSSR count). The number of amides is 1. The van der Waals surface area contributed by atoms with Crippen molar-refractivity contribution in [2.75, 3.05) is 29.5 Å². The van der Waals surface area contributed by atoms with E-state index in [4.69, 9.17) is 4.74 Å². The Kier molecular flexibility index (Phi) is 7.26. The van der Waals surface area contributed by atoms with Gasteiger partial charge in [0, 0.05) is 23.1 Å². The maximum absolute atomic E-state index is 12.2. The lowest BCUT2D eigenvalue weighted by molar-refractivity contribution is -0.116. The molecule has 8 heteroatoms. The molecule has 146 valence electrons. The quantitative estimate of drug-likeness (QED) is 0.654. The average Bonchev–Trinajstić information content (AvgIpc) is 2.61. The molecule has 0 radical (unpaired) electrons. The second kappa shape index (κ2) is 9.23. The zero-order valence-corrected chi connectivity index (χ0v) is 17.9. The Bertz CT molecular complexity index is 916. The zero-order valence-electron chi connectivity index (χ0n) is 15.5. The number of hydrogen-bond donors (Lipinski definition) is 1. The van der Waals surface area contributed by atoms with Crippen LogP contribution in [-0.2, 0) is 14.8 Å². The van der Waals surface area contributed by atoms with E-state index in [-0.39, 0.29) is 18.9 Å². The highest BCUT2D eigenvalue weighted by atomic mass is 79.9. The van der Waals surface area contributed by atoms with Crippen LogP contribution in [0.15, 0.2) is 46.9 Å². The fraction of sp³-hybridized carbons (Fsp3) is 0.316. The summed E-state index contributed by atoms with van der Waals surface area (Å²) < 4.78 is 31.9. The summed E-state index contributed by atoms with van der Waals surface area (Å²) in [5, 5.41) is 2.83. The average molecular weight is 455 g/mol. The minimum Gasteiger partial charge on any atom is -0.495 e. The predicted molar refractivity (Wildman–Crippen MR) is 112 cm³/mol. The summed E-state index contributed by atoms with van der Waals surface area (Å²) in [7, 11) is -2.01. The Hall–Kier alpha value is -2.06. The fourth-order valence-electron chi connectivity index (χ4n) is 2.63. The van der Waals surface area contributed by atoms with Crippen LogP contribution in [0.3, 0.4) is 0 Å². The molecule has 1 amide bonds. The normalized spacial score (nSPS) is 11.1. The van der Waals surface area contributed by atoms with Gasteiger partial charge in [0.25, 0.3) is 0 Å². The van der Waals surface area contributed by atoms with Gasteiger partial charge in [0.1, 0.15) is 5.75 Å². The summed E-state index contributed by atoms with van der Waals surface area (Å²) in [6, 6.07) is 12.5. The van der Waals surface area contributed by atoms with Crippen LogP contribution in [-0.4, -0.2) is 34.2 Å². The lowest BCUT2D eigenvalue weighted by Gasteiger charge is -2.24. The largest absolute Gasteiger partial charge is 0.495 e. The van der Waals surface area contributed by atoms with Crippen molar-refractivity contribution in [3.8, 4) is 5.75 Å². The lowest BCUT2D eigenvalue weighted by atomic mass is 10.2.